The molecule has 1 aromatic rings. The number of nitriles is 1. The number of morpholine rings is 1. The maximum absolute atomic E-state index is 9.45. The van der Waals surface area contributed by atoms with E-state index >= 15 is 0 Å². The summed E-state index contributed by atoms with van der Waals surface area (Å²) in [6, 6.07) is 10.3. The molecule has 2 atom stereocenters. The summed E-state index contributed by atoms with van der Waals surface area (Å²) < 4.78 is 10.5. The molecule has 1 heterocycles. The SMILES string of the molecule is COc1ccc(C(C)C(C#N)N2CCOCC2)cc1. The van der Waals surface area contributed by atoms with Crippen LogP contribution in [0.15, 0.2) is 24.3 Å². The Morgan fingerprint density at radius 1 is 1.26 bits per heavy atom. The van der Waals surface area contributed by atoms with Gasteiger partial charge in [0.2, 0.25) is 0 Å². The molecule has 1 aromatic carbocycles. The van der Waals surface area contributed by atoms with E-state index in [1.54, 1.807) is 7.11 Å². The Kier molecular flexibility index (Phi) is 4.78. The fourth-order valence-electron chi connectivity index (χ4n) is 2.46. The Morgan fingerprint density at radius 2 is 1.89 bits per heavy atom. The van der Waals surface area contributed by atoms with Crippen LogP contribution in [-0.4, -0.2) is 44.4 Å². The third kappa shape index (κ3) is 3.25. The molecule has 2 unspecified atom stereocenters. The summed E-state index contributed by atoms with van der Waals surface area (Å²) in [5.41, 5.74) is 1.17. The third-order valence-electron chi connectivity index (χ3n) is 3.69. The molecule has 1 fully saturated rings. The van der Waals surface area contributed by atoms with Crippen LogP contribution in [0.25, 0.3) is 0 Å². The van der Waals surface area contributed by atoms with Crippen LogP contribution in [0.4, 0.5) is 0 Å². The topological polar surface area (TPSA) is 45.5 Å². The van der Waals surface area contributed by atoms with Gasteiger partial charge in [-0.05, 0) is 17.7 Å². The zero-order chi connectivity index (χ0) is 13.7. The first-order chi connectivity index (χ1) is 9.26. The molecular weight excluding hydrogens is 240 g/mol. The monoisotopic (exact) mass is 260 g/mol. The average molecular weight is 260 g/mol. The molecule has 0 amide bonds. The first-order valence-corrected chi connectivity index (χ1v) is 6.61. The van der Waals surface area contributed by atoms with Crippen LogP contribution in [0.1, 0.15) is 18.4 Å². The van der Waals surface area contributed by atoms with E-state index in [4.69, 9.17) is 9.47 Å². The number of nitrogens with zero attached hydrogens (tertiary/aromatic N) is 2. The summed E-state index contributed by atoms with van der Waals surface area (Å²) in [7, 11) is 1.66. The fourth-order valence-corrected chi connectivity index (χ4v) is 2.46. The van der Waals surface area contributed by atoms with Crippen molar-refractivity contribution < 1.29 is 9.47 Å². The second-order valence-corrected chi connectivity index (χ2v) is 4.78. The van der Waals surface area contributed by atoms with E-state index in [1.807, 2.05) is 24.3 Å². The second kappa shape index (κ2) is 6.55. The summed E-state index contributed by atoms with van der Waals surface area (Å²) >= 11 is 0. The molecule has 0 aromatic heterocycles. The molecule has 102 valence electrons. The molecule has 1 aliphatic heterocycles. The molecule has 0 aliphatic carbocycles. The molecule has 2 rings (SSSR count). The fraction of sp³-hybridized carbons (Fsp3) is 0.533. The van der Waals surface area contributed by atoms with Gasteiger partial charge in [-0.15, -0.1) is 0 Å². The van der Waals surface area contributed by atoms with E-state index < -0.39 is 0 Å². The van der Waals surface area contributed by atoms with Gasteiger partial charge in [-0.1, -0.05) is 19.1 Å². The highest BCUT2D eigenvalue weighted by molar-refractivity contribution is 5.31. The Bertz CT molecular complexity index is 432. The minimum atomic E-state index is -0.0997. The highest BCUT2D eigenvalue weighted by atomic mass is 16.5. The van der Waals surface area contributed by atoms with E-state index in [2.05, 4.69) is 17.9 Å². The lowest BCUT2D eigenvalue weighted by molar-refractivity contribution is 0.0231. The summed E-state index contributed by atoms with van der Waals surface area (Å²) in [5, 5.41) is 9.45. The molecule has 1 saturated heterocycles. The molecule has 0 N–H and O–H groups in total. The highest BCUT2D eigenvalue weighted by Gasteiger charge is 2.26. The van der Waals surface area contributed by atoms with Crippen LogP contribution in [0, 0.1) is 11.3 Å². The van der Waals surface area contributed by atoms with Gasteiger partial charge in [-0.2, -0.15) is 5.26 Å². The zero-order valence-corrected chi connectivity index (χ0v) is 11.5. The van der Waals surface area contributed by atoms with Crippen LogP contribution < -0.4 is 4.74 Å². The lowest BCUT2D eigenvalue weighted by Gasteiger charge is -2.33. The standard InChI is InChI=1S/C15H20N2O2/c1-12(13-3-5-14(18-2)6-4-13)15(11-16)17-7-9-19-10-8-17/h3-6,12,15H,7-10H2,1-2H3. The van der Waals surface area contributed by atoms with Crippen LogP contribution in [0.3, 0.4) is 0 Å². The molecule has 0 bridgehead atoms. The van der Waals surface area contributed by atoms with Crippen molar-refractivity contribution in [3.63, 3.8) is 0 Å². The number of benzene rings is 1. The Hall–Kier alpha value is -1.57. The van der Waals surface area contributed by atoms with Crippen molar-refractivity contribution in [1.29, 1.82) is 5.26 Å². The number of rotatable bonds is 4. The predicted molar refractivity (Wildman–Crippen MR) is 73.2 cm³/mol. The van der Waals surface area contributed by atoms with E-state index in [0.29, 0.717) is 13.2 Å². The van der Waals surface area contributed by atoms with Gasteiger partial charge in [0.1, 0.15) is 11.8 Å². The van der Waals surface area contributed by atoms with Gasteiger partial charge in [-0.3, -0.25) is 4.90 Å². The molecular formula is C15H20N2O2. The van der Waals surface area contributed by atoms with E-state index in [0.717, 1.165) is 18.8 Å². The number of methoxy groups -OCH3 is 1. The van der Waals surface area contributed by atoms with Gasteiger partial charge in [0.15, 0.2) is 0 Å². The van der Waals surface area contributed by atoms with Crippen molar-refractivity contribution in [2.75, 3.05) is 33.4 Å². The zero-order valence-electron chi connectivity index (χ0n) is 11.5. The average Bonchev–Trinajstić information content (AvgIpc) is 2.49. The molecule has 4 nitrogen and oxygen atoms in total. The summed E-state index contributed by atoms with van der Waals surface area (Å²) in [6.07, 6.45) is 0. The van der Waals surface area contributed by atoms with E-state index in [-0.39, 0.29) is 12.0 Å². The molecule has 1 aliphatic rings. The van der Waals surface area contributed by atoms with Crippen molar-refractivity contribution >= 4 is 0 Å². The van der Waals surface area contributed by atoms with Crippen LogP contribution >= 0.6 is 0 Å². The summed E-state index contributed by atoms with van der Waals surface area (Å²) in [4.78, 5) is 2.21. The van der Waals surface area contributed by atoms with Gasteiger partial charge < -0.3 is 9.47 Å². The van der Waals surface area contributed by atoms with Crippen molar-refractivity contribution in [1.82, 2.24) is 4.90 Å². The Labute approximate surface area is 114 Å². The molecule has 4 heteroatoms. The first-order valence-electron chi connectivity index (χ1n) is 6.61. The minimum Gasteiger partial charge on any atom is -0.497 e. The smallest absolute Gasteiger partial charge is 0.118 e. The lowest BCUT2D eigenvalue weighted by atomic mass is 9.92. The first kappa shape index (κ1) is 13.9. The van der Waals surface area contributed by atoms with Gasteiger partial charge in [-0.25, -0.2) is 0 Å². The predicted octanol–water partition coefficient (Wildman–Crippen LogP) is 2.02. The van der Waals surface area contributed by atoms with Crippen LogP contribution in [-0.2, 0) is 4.74 Å². The molecule has 0 spiro atoms. The number of hydrogen-bond acceptors (Lipinski definition) is 4. The number of ether oxygens (including phenoxy) is 2. The Balaban J connectivity index is 2.10. The maximum atomic E-state index is 9.45. The van der Waals surface area contributed by atoms with Gasteiger partial charge in [0.25, 0.3) is 0 Å². The molecule has 0 saturated carbocycles. The van der Waals surface area contributed by atoms with Crippen LogP contribution in [0.2, 0.25) is 0 Å². The van der Waals surface area contributed by atoms with E-state index in [1.165, 1.54) is 5.56 Å². The Morgan fingerprint density at radius 3 is 2.42 bits per heavy atom. The molecule has 0 radical (unpaired) electrons. The van der Waals surface area contributed by atoms with Crippen LogP contribution in [0.5, 0.6) is 5.75 Å². The van der Waals surface area contributed by atoms with E-state index in [9.17, 15) is 5.26 Å². The molecule has 19 heavy (non-hydrogen) atoms. The van der Waals surface area contributed by atoms with Gasteiger partial charge in [0, 0.05) is 19.0 Å². The normalized spacial score (nSPS) is 19.4. The van der Waals surface area contributed by atoms with Gasteiger partial charge in [0.05, 0.1) is 26.4 Å². The summed E-state index contributed by atoms with van der Waals surface area (Å²) in [5.74, 6) is 1.02. The highest BCUT2D eigenvalue weighted by Crippen LogP contribution is 2.25. The maximum Gasteiger partial charge on any atom is 0.118 e. The minimum absolute atomic E-state index is 0.0997. The van der Waals surface area contributed by atoms with Gasteiger partial charge >= 0.3 is 0 Å². The number of hydrogen-bond donors (Lipinski definition) is 0. The van der Waals surface area contributed by atoms with Crippen molar-refractivity contribution in [2.45, 2.75) is 18.9 Å². The quantitative estimate of drug-likeness (QED) is 0.831. The third-order valence-corrected chi connectivity index (χ3v) is 3.69. The van der Waals surface area contributed by atoms with Crippen molar-refractivity contribution in [2.24, 2.45) is 0 Å². The second-order valence-electron chi connectivity index (χ2n) is 4.78. The largest absolute Gasteiger partial charge is 0.497 e. The van der Waals surface area contributed by atoms with Crippen molar-refractivity contribution in [3.05, 3.63) is 29.8 Å². The summed E-state index contributed by atoms with van der Waals surface area (Å²) in [6.45, 7) is 5.20. The van der Waals surface area contributed by atoms with Crippen molar-refractivity contribution in [3.8, 4) is 11.8 Å². The lowest BCUT2D eigenvalue weighted by Crippen LogP contribution is -2.45.